The minimum absolute atomic E-state index is 0.329. The first kappa shape index (κ1) is 15.0. The van der Waals surface area contributed by atoms with Crippen LogP contribution in [0.15, 0.2) is 24.3 Å². The maximum absolute atomic E-state index is 11.1. The zero-order valence-corrected chi connectivity index (χ0v) is 11.6. The number of carboxylic acid groups (broad SMARTS) is 1. The molecular formula is C14H20ClNO2. The fraction of sp³-hybridized carbons (Fsp3) is 0.500. The molecular weight excluding hydrogens is 250 g/mol. The third-order valence-electron chi connectivity index (χ3n) is 2.71. The van der Waals surface area contributed by atoms with Gasteiger partial charge < -0.3 is 10.4 Å². The van der Waals surface area contributed by atoms with Gasteiger partial charge in [-0.2, -0.15) is 0 Å². The number of carbonyl (C=O) groups is 1. The first-order chi connectivity index (χ1) is 8.49. The topological polar surface area (TPSA) is 49.3 Å². The van der Waals surface area contributed by atoms with E-state index in [2.05, 4.69) is 5.32 Å². The molecule has 0 aliphatic rings. The molecule has 1 aromatic carbocycles. The molecule has 0 amide bonds. The molecule has 2 N–H and O–H groups in total. The monoisotopic (exact) mass is 269 g/mol. The molecule has 0 spiro atoms. The van der Waals surface area contributed by atoms with E-state index in [9.17, 15) is 4.79 Å². The maximum atomic E-state index is 11.1. The average Bonchev–Trinajstić information content (AvgIpc) is 2.27. The summed E-state index contributed by atoms with van der Waals surface area (Å²) in [4.78, 5) is 11.1. The highest BCUT2D eigenvalue weighted by molar-refractivity contribution is 6.30. The van der Waals surface area contributed by atoms with Crippen molar-refractivity contribution in [1.29, 1.82) is 0 Å². The fourth-order valence-electron chi connectivity index (χ4n) is 1.88. The van der Waals surface area contributed by atoms with Crippen molar-refractivity contribution in [3.8, 4) is 0 Å². The number of aliphatic carboxylic acids is 1. The molecule has 1 atom stereocenters. The van der Waals surface area contributed by atoms with E-state index < -0.39 is 5.97 Å². The van der Waals surface area contributed by atoms with Crippen LogP contribution < -0.4 is 5.32 Å². The average molecular weight is 270 g/mol. The van der Waals surface area contributed by atoms with Gasteiger partial charge in [0.1, 0.15) is 0 Å². The van der Waals surface area contributed by atoms with Crippen molar-refractivity contribution in [3.05, 3.63) is 34.9 Å². The summed E-state index contributed by atoms with van der Waals surface area (Å²) in [5.74, 6) is -0.675. The third-order valence-corrected chi connectivity index (χ3v) is 2.95. The van der Waals surface area contributed by atoms with Gasteiger partial charge in [0.05, 0.1) is 5.92 Å². The van der Waals surface area contributed by atoms with Crippen LogP contribution in [0.2, 0.25) is 5.02 Å². The summed E-state index contributed by atoms with van der Waals surface area (Å²) >= 11 is 5.88. The van der Waals surface area contributed by atoms with Gasteiger partial charge in [-0.05, 0) is 30.0 Å². The van der Waals surface area contributed by atoms with E-state index in [0.29, 0.717) is 30.5 Å². The van der Waals surface area contributed by atoms with Crippen LogP contribution in [0, 0.1) is 11.8 Å². The number of hydrogen-bond donors (Lipinski definition) is 2. The summed E-state index contributed by atoms with van der Waals surface area (Å²) < 4.78 is 0. The van der Waals surface area contributed by atoms with Gasteiger partial charge in [-0.15, -0.1) is 0 Å². The van der Waals surface area contributed by atoms with Crippen LogP contribution in [0.1, 0.15) is 25.8 Å². The predicted molar refractivity (Wildman–Crippen MR) is 73.7 cm³/mol. The summed E-state index contributed by atoms with van der Waals surface area (Å²) in [7, 11) is 0. The molecule has 0 saturated carbocycles. The van der Waals surface area contributed by atoms with Crippen molar-refractivity contribution in [1.82, 2.24) is 5.32 Å². The molecule has 1 rings (SSSR count). The Kier molecular flexibility index (Phi) is 6.16. The van der Waals surface area contributed by atoms with Crippen molar-refractivity contribution in [2.45, 2.75) is 26.8 Å². The standard InChI is InChI=1S/C14H20ClNO2/c1-10(2)6-12(14(17)18)9-16-8-11-4-3-5-13(15)7-11/h3-5,7,10,12,16H,6,8-9H2,1-2H3,(H,17,18). The molecule has 3 nitrogen and oxygen atoms in total. The summed E-state index contributed by atoms with van der Waals surface area (Å²) in [6.07, 6.45) is 0.692. The molecule has 0 bridgehead atoms. The van der Waals surface area contributed by atoms with Crippen LogP contribution >= 0.6 is 11.6 Å². The van der Waals surface area contributed by atoms with Gasteiger partial charge in [0.15, 0.2) is 0 Å². The SMILES string of the molecule is CC(C)CC(CNCc1cccc(Cl)c1)C(=O)O. The van der Waals surface area contributed by atoms with Crippen LogP contribution in [0.5, 0.6) is 0 Å². The van der Waals surface area contributed by atoms with Crippen molar-refractivity contribution in [2.75, 3.05) is 6.54 Å². The molecule has 0 heterocycles. The van der Waals surface area contributed by atoms with Crippen molar-refractivity contribution >= 4 is 17.6 Å². The summed E-state index contributed by atoms with van der Waals surface area (Å²) in [5, 5.41) is 13.0. The molecule has 0 saturated heterocycles. The zero-order valence-electron chi connectivity index (χ0n) is 10.8. The smallest absolute Gasteiger partial charge is 0.307 e. The van der Waals surface area contributed by atoms with Gasteiger partial charge in [-0.3, -0.25) is 4.79 Å². The van der Waals surface area contributed by atoms with E-state index in [1.807, 2.05) is 38.1 Å². The molecule has 0 radical (unpaired) electrons. The minimum Gasteiger partial charge on any atom is -0.481 e. The number of hydrogen-bond acceptors (Lipinski definition) is 2. The quantitative estimate of drug-likeness (QED) is 0.799. The minimum atomic E-state index is -0.734. The van der Waals surface area contributed by atoms with Crippen LogP contribution in [0.3, 0.4) is 0 Å². The van der Waals surface area contributed by atoms with Gasteiger partial charge in [0.2, 0.25) is 0 Å². The fourth-order valence-corrected chi connectivity index (χ4v) is 2.09. The first-order valence-corrected chi connectivity index (χ1v) is 6.54. The molecule has 18 heavy (non-hydrogen) atoms. The van der Waals surface area contributed by atoms with Gasteiger partial charge in [-0.1, -0.05) is 37.6 Å². The summed E-state index contributed by atoms with van der Waals surface area (Å²) in [6, 6.07) is 7.57. The van der Waals surface area contributed by atoms with Gasteiger partial charge >= 0.3 is 5.97 Å². The highest BCUT2D eigenvalue weighted by Crippen LogP contribution is 2.13. The van der Waals surface area contributed by atoms with Crippen molar-refractivity contribution in [2.24, 2.45) is 11.8 Å². The van der Waals surface area contributed by atoms with Gasteiger partial charge in [-0.25, -0.2) is 0 Å². The molecule has 1 aromatic rings. The molecule has 0 fully saturated rings. The second kappa shape index (κ2) is 7.39. The summed E-state index contributed by atoms with van der Waals surface area (Å²) in [6.45, 7) is 5.20. The van der Waals surface area contributed by atoms with E-state index in [1.54, 1.807) is 0 Å². The lowest BCUT2D eigenvalue weighted by Gasteiger charge is -2.15. The Morgan fingerprint density at radius 1 is 1.44 bits per heavy atom. The van der Waals surface area contributed by atoms with E-state index in [-0.39, 0.29) is 5.92 Å². The second-order valence-corrected chi connectivity index (χ2v) is 5.36. The predicted octanol–water partition coefficient (Wildman–Crippen LogP) is 3.18. The normalized spacial score (nSPS) is 12.7. The number of halogens is 1. The van der Waals surface area contributed by atoms with Gasteiger partial charge in [0, 0.05) is 18.1 Å². The number of nitrogens with one attached hydrogen (secondary N) is 1. The van der Waals surface area contributed by atoms with Crippen LogP contribution in [0.4, 0.5) is 0 Å². The Bertz CT molecular complexity index is 393. The maximum Gasteiger partial charge on any atom is 0.307 e. The first-order valence-electron chi connectivity index (χ1n) is 6.17. The Morgan fingerprint density at radius 3 is 2.72 bits per heavy atom. The Labute approximate surface area is 113 Å². The van der Waals surface area contributed by atoms with Gasteiger partial charge in [0.25, 0.3) is 0 Å². The van der Waals surface area contributed by atoms with Crippen LogP contribution in [0.25, 0.3) is 0 Å². The lowest BCUT2D eigenvalue weighted by molar-refractivity contribution is -0.142. The van der Waals surface area contributed by atoms with Crippen molar-refractivity contribution in [3.63, 3.8) is 0 Å². The van der Waals surface area contributed by atoms with E-state index in [0.717, 1.165) is 5.56 Å². The number of rotatable bonds is 7. The largest absolute Gasteiger partial charge is 0.481 e. The zero-order chi connectivity index (χ0) is 13.5. The van der Waals surface area contributed by atoms with Crippen molar-refractivity contribution < 1.29 is 9.90 Å². The summed E-state index contributed by atoms with van der Waals surface area (Å²) in [5.41, 5.74) is 1.07. The third kappa shape index (κ3) is 5.52. The second-order valence-electron chi connectivity index (χ2n) is 4.93. The molecule has 0 aromatic heterocycles. The Hall–Kier alpha value is -1.06. The molecule has 0 aliphatic carbocycles. The highest BCUT2D eigenvalue weighted by Gasteiger charge is 2.18. The van der Waals surface area contributed by atoms with Crippen LogP contribution in [-0.4, -0.2) is 17.6 Å². The Balaban J connectivity index is 2.41. The van der Waals surface area contributed by atoms with Crippen LogP contribution in [-0.2, 0) is 11.3 Å². The van der Waals surface area contributed by atoms with E-state index in [4.69, 9.17) is 16.7 Å². The molecule has 100 valence electrons. The highest BCUT2D eigenvalue weighted by atomic mass is 35.5. The lowest BCUT2D eigenvalue weighted by atomic mass is 9.97. The number of carboxylic acids is 1. The molecule has 0 aliphatic heterocycles. The molecule has 4 heteroatoms. The van der Waals surface area contributed by atoms with E-state index in [1.165, 1.54) is 0 Å². The Morgan fingerprint density at radius 2 is 2.17 bits per heavy atom. The van der Waals surface area contributed by atoms with E-state index >= 15 is 0 Å². The lowest BCUT2D eigenvalue weighted by Crippen LogP contribution is -2.29. The number of benzene rings is 1. The molecule has 1 unspecified atom stereocenters.